The number of carbonyl (C=O) groups excluding carboxylic acids is 5. The number of thiophene rings is 1. The Morgan fingerprint density at radius 2 is 1.75 bits per heavy atom. The van der Waals surface area contributed by atoms with Gasteiger partial charge in [0.2, 0.25) is 29.5 Å². The minimum absolute atomic E-state index is 0.109. The average Bonchev–Trinajstić information content (AvgIpc) is 3.87. The fraction of sp³-hybridized carbons (Fsp3) is 0.462. The van der Waals surface area contributed by atoms with E-state index in [1.165, 1.54) is 11.2 Å². The van der Waals surface area contributed by atoms with Gasteiger partial charge in [-0.05, 0) is 57.7 Å². The Morgan fingerprint density at radius 1 is 1.00 bits per heavy atom. The fourth-order valence-corrected chi connectivity index (χ4v) is 8.26. The van der Waals surface area contributed by atoms with Crippen LogP contribution in [0.5, 0.6) is 0 Å². The second-order valence-corrected chi connectivity index (χ2v) is 15.9. The Balaban J connectivity index is 0.932. The fourth-order valence-electron chi connectivity index (χ4n) is 6.92. The van der Waals surface area contributed by atoms with E-state index in [2.05, 4.69) is 55.3 Å². The Kier molecular flexibility index (Phi) is 13.4. The molecule has 1 fully saturated rings. The topological polar surface area (TPSA) is 205 Å². The van der Waals surface area contributed by atoms with E-state index in [9.17, 15) is 24.0 Å². The van der Waals surface area contributed by atoms with Gasteiger partial charge in [-0.25, -0.2) is 4.98 Å². The van der Waals surface area contributed by atoms with Crippen LogP contribution in [0.3, 0.4) is 0 Å². The average molecular weight is 803 g/mol. The summed E-state index contributed by atoms with van der Waals surface area (Å²) in [4.78, 5) is 76.1. The number of nitrogens with one attached hydrogen (secondary N) is 5. The SMILES string of the molecule is Cc1sc2c(c1C)C(c1ccc(Cl)cc1)=N[C@@H](CC(=O)NCCCCCCCCC(=O)N[C@@H](Cc1cnc[nH]1)C(=O)N[C@H]1CCC(=O)NC1=O)c1nnc(C)n1-2. The number of aryl methyl sites for hydroxylation is 2. The van der Waals surface area contributed by atoms with Crippen LogP contribution in [0.2, 0.25) is 5.02 Å². The molecule has 2 aliphatic heterocycles. The van der Waals surface area contributed by atoms with E-state index < -0.39 is 29.9 Å². The second kappa shape index (κ2) is 18.6. The highest BCUT2D eigenvalue weighted by Crippen LogP contribution is 2.39. The number of benzene rings is 1. The van der Waals surface area contributed by atoms with Gasteiger partial charge >= 0.3 is 0 Å². The van der Waals surface area contributed by atoms with Crippen LogP contribution < -0.4 is 21.3 Å². The number of rotatable bonds is 17. The third kappa shape index (κ3) is 9.95. The Hall–Kier alpha value is -5.22. The molecular weight excluding hydrogens is 756 g/mol. The number of aliphatic imine (C=N–C) groups is 1. The summed E-state index contributed by atoms with van der Waals surface area (Å²) in [7, 11) is 0. The number of aromatic nitrogens is 5. The van der Waals surface area contributed by atoms with Crippen molar-refractivity contribution < 1.29 is 24.0 Å². The number of nitrogens with zero attached hydrogens (tertiary/aromatic N) is 5. The van der Waals surface area contributed by atoms with Crippen LogP contribution in [0.25, 0.3) is 5.00 Å². The van der Waals surface area contributed by atoms with E-state index in [4.69, 9.17) is 16.6 Å². The van der Waals surface area contributed by atoms with Gasteiger partial charge in [0, 0.05) is 58.7 Å². The first-order valence-corrected chi connectivity index (χ1v) is 20.2. The Bertz CT molecular complexity index is 2090. The lowest BCUT2D eigenvalue weighted by Gasteiger charge is -2.25. The molecule has 6 rings (SSSR count). The van der Waals surface area contributed by atoms with E-state index in [0.717, 1.165) is 65.3 Å². The number of carbonyl (C=O) groups is 5. The van der Waals surface area contributed by atoms with Gasteiger partial charge in [0.1, 0.15) is 29.0 Å². The number of halogens is 1. The number of unbranched alkanes of at least 4 members (excludes halogenated alkanes) is 5. The first-order chi connectivity index (χ1) is 27.0. The molecule has 5 heterocycles. The summed E-state index contributed by atoms with van der Waals surface area (Å²) < 4.78 is 2.04. The molecule has 0 spiro atoms. The van der Waals surface area contributed by atoms with Crippen LogP contribution in [0, 0.1) is 20.8 Å². The molecule has 0 saturated carbocycles. The molecule has 0 unspecified atom stereocenters. The molecule has 15 nitrogen and oxygen atoms in total. The van der Waals surface area contributed by atoms with E-state index >= 15 is 0 Å². The van der Waals surface area contributed by atoms with Crippen molar-refractivity contribution in [3.63, 3.8) is 0 Å². The lowest BCUT2D eigenvalue weighted by atomic mass is 9.99. The van der Waals surface area contributed by atoms with Gasteiger partial charge in [0.25, 0.3) is 0 Å². The van der Waals surface area contributed by atoms with Crippen LogP contribution in [-0.4, -0.2) is 78.6 Å². The zero-order valence-electron chi connectivity index (χ0n) is 31.7. The molecule has 4 aromatic rings. The monoisotopic (exact) mass is 802 g/mol. The van der Waals surface area contributed by atoms with Crippen LogP contribution in [-0.2, 0) is 30.4 Å². The molecule has 1 aromatic carbocycles. The quantitative estimate of drug-likeness (QED) is 0.0762. The predicted molar refractivity (Wildman–Crippen MR) is 212 cm³/mol. The molecule has 5 N–H and O–H groups in total. The number of piperidine rings is 1. The van der Waals surface area contributed by atoms with E-state index in [1.54, 1.807) is 17.5 Å². The van der Waals surface area contributed by atoms with Gasteiger partial charge in [0.05, 0.1) is 18.5 Å². The van der Waals surface area contributed by atoms with Crippen molar-refractivity contribution >= 4 is 58.2 Å². The molecule has 0 aliphatic carbocycles. The minimum atomic E-state index is -0.909. The van der Waals surface area contributed by atoms with E-state index in [-0.39, 0.29) is 49.8 Å². The number of imide groups is 1. The van der Waals surface area contributed by atoms with Crippen LogP contribution in [0.4, 0.5) is 0 Å². The number of H-pyrrole nitrogens is 1. The lowest BCUT2D eigenvalue weighted by Crippen LogP contribution is -2.57. The summed E-state index contributed by atoms with van der Waals surface area (Å²) in [6.45, 7) is 6.64. The summed E-state index contributed by atoms with van der Waals surface area (Å²) in [5.74, 6) is -0.417. The van der Waals surface area contributed by atoms with Crippen LogP contribution in [0.15, 0.2) is 41.8 Å². The number of amides is 5. The van der Waals surface area contributed by atoms with Crippen molar-refractivity contribution in [1.82, 2.24) is 46.0 Å². The van der Waals surface area contributed by atoms with Crippen molar-refractivity contribution in [1.29, 1.82) is 0 Å². The molecule has 0 bridgehead atoms. The highest BCUT2D eigenvalue weighted by molar-refractivity contribution is 7.15. The van der Waals surface area contributed by atoms with Crippen molar-refractivity contribution in [3.8, 4) is 5.00 Å². The highest BCUT2D eigenvalue weighted by atomic mass is 35.5. The maximum atomic E-state index is 13.3. The molecular formula is C39H47ClN10O5S. The number of aromatic amines is 1. The maximum Gasteiger partial charge on any atom is 0.249 e. The molecule has 0 radical (unpaired) electrons. The summed E-state index contributed by atoms with van der Waals surface area (Å²) in [5.41, 5.74) is 4.54. The van der Waals surface area contributed by atoms with Gasteiger partial charge < -0.3 is 20.9 Å². The first kappa shape index (κ1) is 40.4. The highest BCUT2D eigenvalue weighted by Gasteiger charge is 2.33. The smallest absolute Gasteiger partial charge is 0.249 e. The second-order valence-electron chi connectivity index (χ2n) is 14.2. The standard InChI is InChI=1S/C39H47ClN10O5S/c1-22-23(2)56-39-34(22)35(25-11-13-26(40)14-12-25)45-29(36-49-48-24(3)50(36)39)19-33(53)42-17-9-7-5-4-6-8-10-31(51)44-30(18-27-20-41-21-43-27)38(55)46-28-15-16-32(52)47-37(28)54/h11-14,20-21,28-30H,4-10,15-19H2,1-3H3,(H,41,43)(H,42,53)(H,44,51)(H,46,55)(H,47,52,54)/t28-,29-,30-/m0/s1. The first-order valence-electron chi connectivity index (χ1n) is 19.0. The third-order valence-corrected chi connectivity index (χ3v) is 11.5. The molecule has 56 heavy (non-hydrogen) atoms. The van der Waals surface area contributed by atoms with Crippen LogP contribution >= 0.6 is 22.9 Å². The molecule has 3 aromatic heterocycles. The Morgan fingerprint density at radius 3 is 2.48 bits per heavy atom. The van der Waals surface area contributed by atoms with Gasteiger partial charge in [-0.15, -0.1) is 21.5 Å². The van der Waals surface area contributed by atoms with Crippen molar-refractivity contribution in [3.05, 3.63) is 80.7 Å². The molecule has 5 amide bonds. The van der Waals surface area contributed by atoms with Gasteiger partial charge in [0.15, 0.2) is 5.82 Å². The molecule has 3 atom stereocenters. The molecule has 1 saturated heterocycles. The summed E-state index contributed by atoms with van der Waals surface area (Å²) >= 11 is 7.89. The molecule has 17 heteroatoms. The van der Waals surface area contributed by atoms with Crippen molar-refractivity contribution in [2.24, 2.45) is 4.99 Å². The van der Waals surface area contributed by atoms with Crippen molar-refractivity contribution in [2.75, 3.05) is 6.54 Å². The largest absolute Gasteiger partial charge is 0.356 e. The normalized spacial score (nSPS) is 16.9. The third-order valence-electron chi connectivity index (χ3n) is 10.1. The van der Waals surface area contributed by atoms with Gasteiger partial charge in [-0.3, -0.25) is 38.8 Å². The predicted octanol–water partition coefficient (Wildman–Crippen LogP) is 4.41. The van der Waals surface area contributed by atoms with Gasteiger partial charge in [-0.2, -0.15) is 0 Å². The summed E-state index contributed by atoms with van der Waals surface area (Å²) in [6.07, 6.45) is 9.08. The Labute approximate surface area is 333 Å². The number of hydrogen-bond donors (Lipinski definition) is 5. The van der Waals surface area contributed by atoms with E-state index in [0.29, 0.717) is 29.5 Å². The van der Waals surface area contributed by atoms with Gasteiger partial charge in [-0.1, -0.05) is 49.4 Å². The lowest BCUT2D eigenvalue weighted by molar-refractivity contribution is -0.138. The summed E-state index contributed by atoms with van der Waals surface area (Å²) in [6, 6.07) is 5.33. The van der Waals surface area contributed by atoms with Crippen LogP contribution in [0.1, 0.15) is 109 Å². The van der Waals surface area contributed by atoms with E-state index in [1.807, 2.05) is 35.8 Å². The number of hydrogen-bond acceptors (Lipinski definition) is 10. The van der Waals surface area contributed by atoms with Crippen molar-refractivity contribution in [2.45, 2.75) is 110 Å². The zero-order valence-corrected chi connectivity index (χ0v) is 33.3. The maximum absolute atomic E-state index is 13.3. The number of fused-ring (bicyclic) bond motifs is 3. The molecule has 2 aliphatic rings. The molecule has 296 valence electrons. The minimum Gasteiger partial charge on any atom is -0.356 e. The zero-order chi connectivity index (χ0) is 39.8. The number of imidazole rings is 1. The summed E-state index contributed by atoms with van der Waals surface area (Å²) in [5, 5.41) is 21.3.